The van der Waals surface area contributed by atoms with Crippen molar-refractivity contribution in [3.63, 3.8) is 0 Å². The fraction of sp³-hybridized carbons (Fsp3) is 0.667. The van der Waals surface area contributed by atoms with E-state index in [9.17, 15) is 19.5 Å². The number of hydrogen-bond donors (Lipinski definition) is 2. The van der Waals surface area contributed by atoms with Gasteiger partial charge >= 0.3 is 12.0 Å². The third-order valence-corrected chi connectivity index (χ3v) is 5.62. The molecule has 2 rings (SSSR count). The molecule has 0 bridgehead atoms. The number of esters is 1. The molecule has 1 heterocycles. The zero-order chi connectivity index (χ0) is 21.6. The number of nitrogens with one attached hydrogen (secondary N) is 1. The number of aliphatic hydroxyl groups is 1. The molecule has 0 aromatic carbocycles. The highest BCUT2D eigenvalue weighted by molar-refractivity contribution is 5.93. The predicted octanol–water partition coefficient (Wildman–Crippen LogP) is 1.45. The fourth-order valence-corrected chi connectivity index (χ4v) is 3.80. The lowest BCUT2D eigenvalue weighted by Gasteiger charge is -2.29. The third kappa shape index (κ3) is 5.18. The molecule has 1 aliphatic heterocycles. The first-order valence-corrected chi connectivity index (χ1v) is 10.2. The first-order chi connectivity index (χ1) is 13.8. The van der Waals surface area contributed by atoms with E-state index in [1.807, 2.05) is 6.08 Å². The predicted molar refractivity (Wildman–Crippen MR) is 109 cm³/mol. The maximum Gasteiger partial charge on any atom is 0.332 e. The van der Waals surface area contributed by atoms with E-state index < -0.39 is 29.7 Å². The number of likely N-dealkylation sites (tertiary alicyclic amines) is 1. The lowest BCUT2D eigenvalue weighted by atomic mass is 10.1. The number of carbonyl (C=O) groups is 3. The van der Waals surface area contributed by atoms with Gasteiger partial charge in [0.15, 0.2) is 0 Å². The zero-order valence-electron chi connectivity index (χ0n) is 17.4. The second kappa shape index (κ2) is 9.91. The zero-order valence-corrected chi connectivity index (χ0v) is 17.4. The highest BCUT2D eigenvalue weighted by Gasteiger charge is 2.62. The minimum Gasteiger partial charge on any atom is -0.464 e. The molecule has 162 valence electrons. The minimum atomic E-state index is -1.13. The number of β-amino-alcohol motifs (C(OH)–C–C–N with tert-alkyl or cyclic N) is 1. The van der Waals surface area contributed by atoms with Crippen LogP contribution in [-0.2, 0) is 14.3 Å². The second-order valence-corrected chi connectivity index (χ2v) is 7.77. The molecule has 2 aliphatic rings. The van der Waals surface area contributed by atoms with Crippen LogP contribution in [0.1, 0.15) is 39.0 Å². The monoisotopic (exact) mass is 407 g/mol. The molecule has 4 atom stereocenters. The molecule has 8 heteroatoms. The van der Waals surface area contributed by atoms with E-state index in [1.165, 1.54) is 4.90 Å². The summed E-state index contributed by atoms with van der Waals surface area (Å²) in [5, 5.41) is 12.8. The van der Waals surface area contributed by atoms with E-state index in [1.54, 1.807) is 24.9 Å². The number of carbonyl (C=O) groups excluding carboxylic acids is 3. The van der Waals surface area contributed by atoms with Gasteiger partial charge in [-0.15, -0.1) is 13.2 Å². The van der Waals surface area contributed by atoms with Crippen LogP contribution < -0.4 is 5.32 Å². The molecule has 3 amide bonds. The van der Waals surface area contributed by atoms with Crippen molar-refractivity contribution in [2.45, 2.75) is 56.7 Å². The van der Waals surface area contributed by atoms with E-state index in [-0.39, 0.29) is 31.4 Å². The van der Waals surface area contributed by atoms with E-state index in [2.05, 4.69) is 18.5 Å². The number of likely N-dealkylation sites (N-methyl/N-ethyl adjacent to an activating group) is 1. The Morgan fingerprint density at radius 3 is 2.66 bits per heavy atom. The second-order valence-electron chi connectivity index (χ2n) is 7.77. The molecule has 0 aromatic rings. The number of aliphatic hydroxyl groups excluding tert-OH is 1. The normalized spacial score (nSPS) is 27.8. The highest BCUT2D eigenvalue weighted by Crippen LogP contribution is 2.45. The Kier molecular flexibility index (Phi) is 7.84. The van der Waals surface area contributed by atoms with Gasteiger partial charge in [-0.25, -0.2) is 9.59 Å². The van der Waals surface area contributed by atoms with Gasteiger partial charge in [0.1, 0.15) is 11.6 Å². The number of rotatable bonds is 10. The van der Waals surface area contributed by atoms with Crippen molar-refractivity contribution in [1.82, 2.24) is 15.1 Å². The van der Waals surface area contributed by atoms with Crippen LogP contribution in [0.15, 0.2) is 25.3 Å². The minimum absolute atomic E-state index is 0.0458. The van der Waals surface area contributed by atoms with Gasteiger partial charge in [-0.3, -0.25) is 4.79 Å². The molecule has 1 saturated heterocycles. The third-order valence-electron chi connectivity index (χ3n) is 5.62. The van der Waals surface area contributed by atoms with Crippen molar-refractivity contribution < 1.29 is 24.2 Å². The van der Waals surface area contributed by atoms with Gasteiger partial charge in [-0.05, 0) is 32.6 Å². The standard InChI is InChI=1S/C21H33N3O5/c1-5-8-9-10-11-23(4)18(26)17-12-16(25)14-24(17)20(28)22-21(13-15(21)6-2)19(27)29-7-3/h5-6,15-17,25H,1-2,7-14H2,3-4H3,(H,22,28)/t15?,16?,17?,21-/m1/s1. The Morgan fingerprint density at radius 1 is 1.34 bits per heavy atom. The smallest absolute Gasteiger partial charge is 0.332 e. The molecule has 0 spiro atoms. The lowest BCUT2D eigenvalue weighted by Crippen LogP contribution is -2.55. The summed E-state index contributed by atoms with van der Waals surface area (Å²) in [6.07, 6.45) is 5.94. The first-order valence-electron chi connectivity index (χ1n) is 10.2. The number of allylic oxidation sites excluding steroid dienone is 1. The van der Waals surface area contributed by atoms with Gasteiger partial charge in [0.2, 0.25) is 5.91 Å². The summed E-state index contributed by atoms with van der Waals surface area (Å²) in [5.41, 5.74) is -1.13. The molecule has 2 N–H and O–H groups in total. The van der Waals surface area contributed by atoms with Crippen LogP contribution in [0.25, 0.3) is 0 Å². The summed E-state index contributed by atoms with van der Waals surface area (Å²) < 4.78 is 5.11. The van der Waals surface area contributed by atoms with Crippen molar-refractivity contribution in [2.24, 2.45) is 5.92 Å². The maximum atomic E-state index is 12.9. The van der Waals surface area contributed by atoms with Crippen LogP contribution in [0.3, 0.4) is 0 Å². The number of ether oxygens (including phenoxy) is 1. The summed E-state index contributed by atoms with van der Waals surface area (Å²) in [6, 6.07) is -1.30. The molecule has 2 fully saturated rings. The topological polar surface area (TPSA) is 99.2 Å². The van der Waals surface area contributed by atoms with Crippen LogP contribution in [-0.4, -0.2) is 77.2 Å². The average molecular weight is 408 g/mol. The van der Waals surface area contributed by atoms with Crippen LogP contribution in [0, 0.1) is 5.92 Å². The molecular weight excluding hydrogens is 374 g/mol. The lowest BCUT2D eigenvalue weighted by molar-refractivity contribution is -0.147. The molecule has 0 radical (unpaired) electrons. The van der Waals surface area contributed by atoms with Crippen molar-refractivity contribution in [3.05, 3.63) is 25.3 Å². The summed E-state index contributed by atoms with van der Waals surface area (Å²) >= 11 is 0. The molecule has 29 heavy (non-hydrogen) atoms. The summed E-state index contributed by atoms with van der Waals surface area (Å²) in [6.45, 7) is 9.92. The van der Waals surface area contributed by atoms with Gasteiger partial charge < -0.3 is 25.0 Å². The molecule has 1 saturated carbocycles. The van der Waals surface area contributed by atoms with Crippen molar-refractivity contribution in [1.29, 1.82) is 0 Å². The Labute approximate surface area is 172 Å². The fourth-order valence-electron chi connectivity index (χ4n) is 3.80. The van der Waals surface area contributed by atoms with Crippen LogP contribution in [0.4, 0.5) is 4.79 Å². The Morgan fingerprint density at radius 2 is 2.07 bits per heavy atom. The summed E-state index contributed by atoms with van der Waals surface area (Å²) in [7, 11) is 1.70. The van der Waals surface area contributed by atoms with Crippen molar-refractivity contribution in [3.8, 4) is 0 Å². The van der Waals surface area contributed by atoms with Gasteiger partial charge in [-0.1, -0.05) is 12.2 Å². The number of nitrogens with zero attached hydrogens (tertiary/aromatic N) is 2. The van der Waals surface area contributed by atoms with Gasteiger partial charge in [0.05, 0.1) is 12.7 Å². The number of urea groups is 1. The van der Waals surface area contributed by atoms with E-state index in [4.69, 9.17) is 4.74 Å². The Balaban J connectivity index is 2.04. The summed E-state index contributed by atoms with van der Waals surface area (Å²) in [5.74, 6) is -0.920. The SMILES string of the molecule is C=CCCCCN(C)C(=O)C1CC(O)CN1C(=O)N[C@]1(C(=O)OCC)CC1C=C. The molecule has 0 aromatic heterocycles. The van der Waals surface area contributed by atoms with E-state index in [0.717, 1.165) is 19.3 Å². The number of amides is 3. The van der Waals surface area contributed by atoms with Gasteiger partial charge in [-0.2, -0.15) is 0 Å². The van der Waals surface area contributed by atoms with Gasteiger partial charge in [0, 0.05) is 32.5 Å². The Bertz CT molecular complexity index is 652. The van der Waals surface area contributed by atoms with Crippen LogP contribution in [0.5, 0.6) is 0 Å². The number of unbranched alkanes of at least 4 members (excludes halogenated alkanes) is 2. The highest BCUT2D eigenvalue weighted by atomic mass is 16.5. The Hall–Kier alpha value is -2.35. The quantitative estimate of drug-likeness (QED) is 0.324. The van der Waals surface area contributed by atoms with Crippen molar-refractivity contribution >= 4 is 17.9 Å². The molecule has 1 aliphatic carbocycles. The van der Waals surface area contributed by atoms with E-state index in [0.29, 0.717) is 13.0 Å². The number of hydrogen-bond acceptors (Lipinski definition) is 5. The molecular formula is C21H33N3O5. The molecule has 3 unspecified atom stereocenters. The van der Waals surface area contributed by atoms with Crippen LogP contribution >= 0.6 is 0 Å². The van der Waals surface area contributed by atoms with E-state index >= 15 is 0 Å². The maximum absolute atomic E-state index is 12.9. The van der Waals surface area contributed by atoms with Crippen molar-refractivity contribution in [2.75, 3.05) is 26.7 Å². The van der Waals surface area contributed by atoms with Gasteiger partial charge in [0.25, 0.3) is 0 Å². The molecule has 8 nitrogen and oxygen atoms in total. The largest absolute Gasteiger partial charge is 0.464 e. The van der Waals surface area contributed by atoms with Crippen LogP contribution in [0.2, 0.25) is 0 Å². The first kappa shape index (κ1) is 22.9. The average Bonchev–Trinajstić information content (AvgIpc) is 3.27. The summed E-state index contributed by atoms with van der Waals surface area (Å²) in [4.78, 5) is 41.1.